The number of hydrogen-bond acceptors (Lipinski definition) is 6. The number of amides is 2. The van der Waals surface area contributed by atoms with Crippen molar-refractivity contribution in [1.29, 1.82) is 0 Å². The number of nitrogens with zero attached hydrogens (tertiary/aromatic N) is 4. The number of carbonyl (C=O) groups excluding carboxylic acids is 3. The van der Waals surface area contributed by atoms with Gasteiger partial charge in [0.2, 0.25) is 5.91 Å². The van der Waals surface area contributed by atoms with E-state index in [1.54, 1.807) is 31.2 Å². The van der Waals surface area contributed by atoms with Crippen LogP contribution in [0.1, 0.15) is 22.6 Å². The van der Waals surface area contributed by atoms with E-state index in [1.165, 1.54) is 34.0 Å². The lowest BCUT2D eigenvalue weighted by Crippen LogP contribution is -2.37. The molecule has 0 aliphatic carbocycles. The van der Waals surface area contributed by atoms with Crippen LogP contribution in [-0.4, -0.2) is 45.9 Å². The molecule has 1 heterocycles. The van der Waals surface area contributed by atoms with Gasteiger partial charge in [0.15, 0.2) is 12.3 Å². The molecule has 0 saturated carbocycles. The van der Waals surface area contributed by atoms with E-state index in [0.717, 1.165) is 0 Å². The van der Waals surface area contributed by atoms with Crippen LogP contribution >= 0.6 is 0 Å². The van der Waals surface area contributed by atoms with Gasteiger partial charge < -0.3 is 15.4 Å². The first kappa shape index (κ1) is 21.6. The van der Waals surface area contributed by atoms with Gasteiger partial charge in [-0.3, -0.25) is 9.59 Å². The lowest BCUT2D eigenvalue weighted by Gasteiger charge is -2.22. The smallest absolute Gasteiger partial charge is 0.361 e. The molecule has 0 bridgehead atoms. The van der Waals surface area contributed by atoms with Gasteiger partial charge in [0, 0.05) is 18.7 Å². The third kappa shape index (κ3) is 5.50. The fourth-order valence-corrected chi connectivity index (χ4v) is 2.76. The number of carbonyl (C=O) groups is 3. The highest BCUT2D eigenvalue weighted by Gasteiger charge is 2.22. The maximum absolute atomic E-state index is 13.2. The SMILES string of the molecule is Cc1nn(-c2ccccc2)nc1C(=O)OCC(=O)N(CCC(N)=O)c1ccc(F)cc1. The highest BCUT2D eigenvalue weighted by atomic mass is 19.1. The van der Waals surface area contributed by atoms with Crippen LogP contribution in [0.5, 0.6) is 0 Å². The summed E-state index contributed by atoms with van der Waals surface area (Å²) >= 11 is 0. The number of esters is 1. The van der Waals surface area contributed by atoms with E-state index in [9.17, 15) is 18.8 Å². The van der Waals surface area contributed by atoms with E-state index in [1.807, 2.05) is 6.07 Å². The van der Waals surface area contributed by atoms with Gasteiger partial charge in [0.25, 0.3) is 5.91 Å². The number of benzene rings is 2. The van der Waals surface area contributed by atoms with Crippen molar-refractivity contribution in [3.8, 4) is 5.69 Å². The van der Waals surface area contributed by atoms with Crippen molar-refractivity contribution in [1.82, 2.24) is 15.0 Å². The van der Waals surface area contributed by atoms with Crippen LogP contribution < -0.4 is 10.6 Å². The average molecular weight is 425 g/mol. The van der Waals surface area contributed by atoms with Crippen molar-refractivity contribution >= 4 is 23.5 Å². The summed E-state index contributed by atoms with van der Waals surface area (Å²) in [5.74, 6) is -2.50. The van der Waals surface area contributed by atoms with Crippen molar-refractivity contribution in [2.24, 2.45) is 5.73 Å². The van der Waals surface area contributed by atoms with Gasteiger partial charge in [-0.1, -0.05) is 18.2 Å². The van der Waals surface area contributed by atoms with E-state index in [4.69, 9.17) is 10.5 Å². The first-order chi connectivity index (χ1) is 14.8. The molecular formula is C21H20FN5O4. The normalized spacial score (nSPS) is 10.5. The Morgan fingerprint density at radius 3 is 2.39 bits per heavy atom. The Bertz CT molecular complexity index is 1080. The number of aromatic nitrogens is 3. The maximum atomic E-state index is 13.2. The number of nitrogens with two attached hydrogens (primary N) is 1. The molecule has 0 unspecified atom stereocenters. The van der Waals surface area contributed by atoms with Gasteiger partial charge in [-0.25, -0.2) is 9.18 Å². The number of ether oxygens (including phenoxy) is 1. The molecule has 31 heavy (non-hydrogen) atoms. The monoisotopic (exact) mass is 425 g/mol. The number of primary amides is 1. The van der Waals surface area contributed by atoms with Crippen molar-refractivity contribution in [2.45, 2.75) is 13.3 Å². The quantitative estimate of drug-likeness (QED) is 0.549. The molecule has 0 fully saturated rings. The average Bonchev–Trinajstić information content (AvgIpc) is 3.15. The Labute approximate surface area is 177 Å². The van der Waals surface area contributed by atoms with Crippen LogP contribution in [0.15, 0.2) is 54.6 Å². The molecule has 3 aromatic rings. The summed E-state index contributed by atoms with van der Waals surface area (Å²) < 4.78 is 18.3. The van der Waals surface area contributed by atoms with Crippen LogP contribution in [0.25, 0.3) is 5.69 Å². The number of para-hydroxylation sites is 1. The Hall–Kier alpha value is -4.08. The first-order valence-electron chi connectivity index (χ1n) is 9.36. The number of aryl methyl sites for hydroxylation is 1. The van der Waals surface area contributed by atoms with Gasteiger partial charge in [0.1, 0.15) is 5.82 Å². The number of hydrogen-bond donors (Lipinski definition) is 1. The van der Waals surface area contributed by atoms with Gasteiger partial charge in [0.05, 0.1) is 11.4 Å². The molecule has 0 saturated heterocycles. The van der Waals surface area contributed by atoms with E-state index < -0.39 is 30.2 Å². The second kappa shape index (κ2) is 9.61. The fourth-order valence-electron chi connectivity index (χ4n) is 2.76. The standard InChI is InChI=1S/C21H20FN5O4/c1-14-20(25-27(24-14)17-5-3-2-4-6-17)21(30)31-13-19(29)26(12-11-18(23)28)16-9-7-15(22)8-10-16/h2-10H,11-13H2,1H3,(H2,23,28). The Morgan fingerprint density at radius 1 is 1.06 bits per heavy atom. The Balaban J connectivity index is 1.70. The molecule has 2 N–H and O–H groups in total. The zero-order valence-corrected chi connectivity index (χ0v) is 16.7. The second-order valence-corrected chi connectivity index (χ2v) is 6.57. The summed E-state index contributed by atoms with van der Waals surface area (Å²) in [6.07, 6.45) is -0.110. The Kier molecular flexibility index (Phi) is 6.71. The van der Waals surface area contributed by atoms with E-state index in [-0.39, 0.29) is 18.7 Å². The molecule has 9 nitrogen and oxygen atoms in total. The topological polar surface area (TPSA) is 120 Å². The van der Waals surface area contributed by atoms with E-state index in [2.05, 4.69) is 10.2 Å². The van der Waals surface area contributed by atoms with Crippen LogP contribution in [0, 0.1) is 12.7 Å². The summed E-state index contributed by atoms with van der Waals surface area (Å²) in [6.45, 7) is 0.954. The predicted octanol–water partition coefficient (Wildman–Crippen LogP) is 1.78. The summed E-state index contributed by atoms with van der Waals surface area (Å²) in [5, 5.41) is 8.32. The van der Waals surface area contributed by atoms with Gasteiger partial charge in [-0.05, 0) is 43.3 Å². The molecule has 160 valence electrons. The molecule has 10 heteroatoms. The Morgan fingerprint density at radius 2 is 1.74 bits per heavy atom. The predicted molar refractivity (Wildman–Crippen MR) is 109 cm³/mol. The van der Waals surface area contributed by atoms with Crippen LogP contribution in [0.3, 0.4) is 0 Å². The molecule has 3 rings (SSSR count). The summed E-state index contributed by atoms with van der Waals surface area (Å²) in [6, 6.07) is 14.1. The van der Waals surface area contributed by atoms with Gasteiger partial charge >= 0.3 is 5.97 Å². The summed E-state index contributed by atoms with van der Waals surface area (Å²) in [5.41, 5.74) is 6.49. The van der Waals surface area contributed by atoms with Crippen molar-refractivity contribution in [2.75, 3.05) is 18.1 Å². The van der Waals surface area contributed by atoms with Gasteiger partial charge in [-0.2, -0.15) is 9.90 Å². The third-order valence-corrected chi connectivity index (χ3v) is 4.31. The minimum absolute atomic E-state index is 0.0258. The molecule has 2 aromatic carbocycles. The van der Waals surface area contributed by atoms with Gasteiger partial charge in [-0.15, -0.1) is 5.10 Å². The molecule has 0 radical (unpaired) electrons. The zero-order chi connectivity index (χ0) is 22.4. The molecule has 0 atom stereocenters. The highest BCUT2D eigenvalue weighted by Crippen LogP contribution is 2.16. The van der Waals surface area contributed by atoms with E-state index >= 15 is 0 Å². The molecule has 0 aliphatic rings. The third-order valence-electron chi connectivity index (χ3n) is 4.31. The van der Waals surface area contributed by atoms with Crippen molar-refractivity contribution < 1.29 is 23.5 Å². The zero-order valence-electron chi connectivity index (χ0n) is 16.7. The molecule has 1 aromatic heterocycles. The largest absolute Gasteiger partial charge is 0.451 e. The maximum Gasteiger partial charge on any atom is 0.361 e. The summed E-state index contributed by atoms with van der Waals surface area (Å²) in [4.78, 5) is 38.7. The molecular weight excluding hydrogens is 405 g/mol. The lowest BCUT2D eigenvalue weighted by atomic mass is 10.2. The minimum Gasteiger partial charge on any atom is -0.451 e. The fraction of sp³-hybridized carbons (Fsp3) is 0.190. The lowest BCUT2D eigenvalue weighted by molar-refractivity contribution is -0.121. The first-order valence-corrected chi connectivity index (χ1v) is 9.36. The number of halogens is 1. The van der Waals surface area contributed by atoms with Crippen LogP contribution in [-0.2, 0) is 14.3 Å². The number of rotatable bonds is 8. The second-order valence-electron chi connectivity index (χ2n) is 6.57. The summed E-state index contributed by atoms with van der Waals surface area (Å²) in [7, 11) is 0. The molecule has 0 aliphatic heterocycles. The molecule has 0 spiro atoms. The van der Waals surface area contributed by atoms with Crippen molar-refractivity contribution in [3.63, 3.8) is 0 Å². The minimum atomic E-state index is -0.818. The number of anilines is 1. The van der Waals surface area contributed by atoms with Crippen molar-refractivity contribution in [3.05, 3.63) is 71.8 Å². The van der Waals surface area contributed by atoms with E-state index in [0.29, 0.717) is 17.1 Å². The highest BCUT2D eigenvalue weighted by molar-refractivity contribution is 5.97. The van der Waals surface area contributed by atoms with Crippen LogP contribution in [0.2, 0.25) is 0 Å². The molecule has 2 amide bonds. The van der Waals surface area contributed by atoms with Crippen LogP contribution in [0.4, 0.5) is 10.1 Å².